The number of likely N-dealkylation sites (tertiary alicyclic amines) is 1. The van der Waals surface area contributed by atoms with E-state index in [4.69, 9.17) is 16.3 Å². The standard InChI is InChI=1S/C27H23ClN2O4/c1-27(16-29)15-22(26(32)33)30(24(27)20-10-6-7-11-21(20)28)25(31)18-12-13-19(23(14-18)34-2)17-8-4-3-5-9-17/h3-14,22,24H,15H2,1-2H3,(H,32,33)/t22-,24-,27+/m0/s1. The second kappa shape index (κ2) is 9.20. The van der Waals surface area contributed by atoms with Crippen molar-refractivity contribution in [1.82, 2.24) is 4.90 Å². The van der Waals surface area contributed by atoms with Crippen molar-refractivity contribution in [2.24, 2.45) is 5.41 Å². The number of ether oxygens (including phenoxy) is 1. The molecule has 1 aliphatic heterocycles. The van der Waals surface area contributed by atoms with E-state index in [1.807, 2.05) is 30.3 Å². The maximum atomic E-state index is 13.8. The van der Waals surface area contributed by atoms with Crippen LogP contribution in [0, 0.1) is 16.7 Å². The lowest BCUT2D eigenvalue weighted by Crippen LogP contribution is -2.42. The van der Waals surface area contributed by atoms with Crippen molar-refractivity contribution in [3.8, 4) is 22.9 Å². The normalized spacial score (nSPS) is 21.6. The van der Waals surface area contributed by atoms with E-state index >= 15 is 0 Å². The third kappa shape index (κ3) is 4.00. The van der Waals surface area contributed by atoms with Crippen LogP contribution in [-0.4, -0.2) is 35.0 Å². The van der Waals surface area contributed by atoms with Gasteiger partial charge in [0.25, 0.3) is 5.91 Å². The number of rotatable bonds is 5. The van der Waals surface area contributed by atoms with Crippen molar-refractivity contribution in [3.63, 3.8) is 0 Å². The summed E-state index contributed by atoms with van der Waals surface area (Å²) in [6.45, 7) is 1.67. The predicted molar refractivity (Wildman–Crippen MR) is 129 cm³/mol. The summed E-state index contributed by atoms with van der Waals surface area (Å²) in [7, 11) is 1.52. The molecule has 1 fully saturated rings. The number of carboxylic acids is 1. The van der Waals surface area contributed by atoms with Gasteiger partial charge in [-0.3, -0.25) is 4.79 Å². The molecule has 1 saturated heterocycles. The lowest BCUT2D eigenvalue weighted by atomic mass is 9.79. The summed E-state index contributed by atoms with van der Waals surface area (Å²) in [5.74, 6) is -1.19. The number of nitriles is 1. The molecular weight excluding hydrogens is 452 g/mol. The van der Waals surface area contributed by atoms with Gasteiger partial charge in [0, 0.05) is 16.1 Å². The molecule has 3 aromatic carbocycles. The molecule has 7 heteroatoms. The summed E-state index contributed by atoms with van der Waals surface area (Å²) < 4.78 is 5.56. The summed E-state index contributed by atoms with van der Waals surface area (Å²) in [6.07, 6.45) is -0.0142. The van der Waals surface area contributed by atoms with E-state index in [1.165, 1.54) is 12.0 Å². The topological polar surface area (TPSA) is 90.6 Å². The van der Waals surface area contributed by atoms with Gasteiger partial charge < -0.3 is 14.7 Å². The summed E-state index contributed by atoms with van der Waals surface area (Å²) >= 11 is 6.45. The third-order valence-corrected chi connectivity index (χ3v) is 6.69. The Kier molecular flexibility index (Phi) is 6.32. The molecule has 0 unspecified atom stereocenters. The van der Waals surface area contributed by atoms with Crippen LogP contribution >= 0.6 is 11.6 Å². The molecule has 0 bridgehead atoms. The summed E-state index contributed by atoms with van der Waals surface area (Å²) in [4.78, 5) is 27.3. The number of nitrogens with zero attached hydrogens (tertiary/aromatic N) is 2. The van der Waals surface area contributed by atoms with Crippen molar-refractivity contribution in [2.75, 3.05) is 7.11 Å². The number of benzene rings is 3. The van der Waals surface area contributed by atoms with Crippen LogP contribution in [0.1, 0.15) is 35.3 Å². The van der Waals surface area contributed by atoms with E-state index in [-0.39, 0.29) is 12.0 Å². The lowest BCUT2D eigenvalue weighted by molar-refractivity contribution is -0.141. The number of hydrogen-bond acceptors (Lipinski definition) is 4. The first kappa shape index (κ1) is 23.3. The number of aliphatic carboxylic acids is 1. The van der Waals surface area contributed by atoms with Crippen LogP contribution in [0.3, 0.4) is 0 Å². The van der Waals surface area contributed by atoms with Gasteiger partial charge in [-0.1, -0.05) is 60.1 Å². The molecule has 1 aliphatic rings. The Morgan fingerprint density at radius 1 is 1.12 bits per heavy atom. The molecule has 1 amide bonds. The Morgan fingerprint density at radius 2 is 1.79 bits per heavy atom. The van der Waals surface area contributed by atoms with E-state index in [0.29, 0.717) is 16.3 Å². The second-order valence-corrected chi connectivity index (χ2v) is 8.91. The molecule has 0 spiro atoms. The number of carboxylic acid groups (broad SMARTS) is 1. The summed E-state index contributed by atoms with van der Waals surface area (Å²) in [5, 5.41) is 20.4. The highest BCUT2D eigenvalue weighted by Crippen LogP contribution is 2.52. The zero-order chi connectivity index (χ0) is 24.5. The lowest BCUT2D eigenvalue weighted by Gasteiger charge is -2.33. The Morgan fingerprint density at radius 3 is 2.41 bits per heavy atom. The molecule has 0 saturated carbocycles. The first-order valence-electron chi connectivity index (χ1n) is 10.8. The van der Waals surface area contributed by atoms with E-state index in [2.05, 4.69) is 6.07 Å². The molecule has 172 valence electrons. The van der Waals surface area contributed by atoms with Crippen LogP contribution in [0.2, 0.25) is 5.02 Å². The molecule has 1 N–H and O–H groups in total. The highest BCUT2D eigenvalue weighted by atomic mass is 35.5. The van der Waals surface area contributed by atoms with Crippen molar-refractivity contribution >= 4 is 23.5 Å². The van der Waals surface area contributed by atoms with Crippen LogP contribution in [0.25, 0.3) is 11.1 Å². The van der Waals surface area contributed by atoms with Crippen LogP contribution in [0.4, 0.5) is 0 Å². The van der Waals surface area contributed by atoms with Gasteiger partial charge in [0.15, 0.2) is 0 Å². The van der Waals surface area contributed by atoms with E-state index in [1.54, 1.807) is 49.4 Å². The first-order chi connectivity index (χ1) is 16.3. The SMILES string of the molecule is COc1cc(C(=O)N2[C@@H](c3ccccc3Cl)[C@@](C)(C#N)C[C@H]2C(=O)O)ccc1-c1ccccc1. The van der Waals surface area contributed by atoms with Gasteiger partial charge in [0.05, 0.1) is 24.6 Å². The third-order valence-electron chi connectivity index (χ3n) is 6.34. The fraction of sp³-hybridized carbons (Fsp3) is 0.222. The zero-order valence-corrected chi connectivity index (χ0v) is 19.5. The average molecular weight is 475 g/mol. The Balaban J connectivity index is 1.83. The van der Waals surface area contributed by atoms with Gasteiger partial charge in [-0.05, 0) is 48.7 Å². The molecule has 34 heavy (non-hydrogen) atoms. The maximum Gasteiger partial charge on any atom is 0.326 e. The molecule has 3 atom stereocenters. The second-order valence-electron chi connectivity index (χ2n) is 8.50. The van der Waals surface area contributed by atoms with Gasteiger partial charge in [-0.2, -0.15) is 5.26 Å². The fourth-order valence-electron chi connectivity index (χ4n) is 4.69. The minimum Gasteiger partial charge on any atom is -0.496 e. The highest BCUT2D eigenvalue weighted by molar-refractivity contribution is 6.31. The van der Waals surface area contributed by atoms with Crippen LogP contribution in [0.5, 0.6) is 5.75 Å². The molecule has 0 aliphatic carbocycles. The van der Waals surface area contributed by atoms with Crippen LogP contribution in [0.15, 0.2) is 72.8 Å². The van der Waals surface area contributed by atoms with Gasteiger partial charge >= 0.3 is 5.97 Å². The number of halogens is 1. The monoisotopic (exact) mass is 474 g/mol. The molecular formula is C27H23ClN2O4. The zero-order valence-electron chi connectivity index (χ0n) is 18.7. The van der Waals surface area contributed by atoms with E-state index in [0.717, 1.165) is 11.1 Å². The fourth-order valence-corrected chi connectivity index (χ4v) is 4.93. The largest absolute Gasteiger partial charge is 0.496 e. The number of methoxy groups -OCH3 is 1. The van der Waals surface area contributed by atoms with Crippen molar-refractivity contribution in [1.29, 1.82) is 5.26 Å². The predicted octanol–water partition coefficient (Wildman–Crippen LogP) is 5.59. The van der Waals surface area contributed by atoms with Crippen molar-refractivity contribution < 1.29 is 19.4 Å². The summed E-state index contributed by atoms with van der Waals surface area (Å²) in [5.41, 5.74) is 1.40. The van der Waals surface area contributed by atoms with Crippen LogP contribution < -0.4 is 4.74 Å². The number of amides is 1. The molecule has 1 heterocycles. The summed E-state index contributed by atoms with van der Waals surface area (Å²) in [6, 6.07) is 21.8. The molecule has 3 aromatic rings. The molecule has 0 radical (unpaired) electrons. The van der Waals surface area contributed by atoms with Gasteiger partial charge in [-0.25, -0.2) is 4.79 Å². The maximum absolute atomic E-state index is 13.8. The number of carbonyl (C=O) groups excluding carboxylic acids is 1. The Hall–Kier alpha value is -3.82. The Labute approximate surface area is 203 Å². The molecule has 6 nitrogen and oxygen atoms in total. The van der Waals surface area contributed by atoms with Gasteiger partial charge in [0.1, 0.15) is 11.8 Å². The first-order valence-corrected chi connectivity index (χ1v) is 11.1. The highest BCUT2D eigenvalue weighted by Gasteiger charge is 2.55. The van der Waals surface area contributed by atoms with Crippen molar-refractivity contribution in [2.45, 2.75) is 25.4 Å². The van der Waals surface area contributed by atoms with Gasteiger partial charge in [-0.15, -0.1) is 0 Å². The molecule has 4 rings (SSSR count). The quantitative estimate of drug-likeness (QED) is 0.520. The van der Waals surface area contributed by atoms with Crippen LogP contribution in [-0.2, 0) is 4.79 Å². The minimum absolute atomic E-state index is 0.0142. The van der Waals surface area contributed by atoms with E-state index < -0.39 is 29.4 Å². The minimum atomic E-state index is -1.18. The van der Waals surface area contributed by atoms with E-state index in [9.17, 15) is 20.0 Å². The average Bonchev–Trinajstić information content (AvgIpc) is 3.18. The number of carbonyl (C=O) groups is 2. The van der Waals surface area contributed by atoms with Crippen molar-refractivity contribution in [3.05, 3.63) is 88.9 Å². The van der Waals surface area contributed by atoms with Gasteiger partial charge in [0.2, 0.25) is 0 Å². The number of hydrogen-bond donors (Lipinski definition) is 1. The smallest absolute Gasteiger partial charge is 0.326 e. The Bertz CT molecular complexity index is 1290. The molecule has 0 aromatic heterocycles.